The Labute approximate surface area is 180 Å². The van der Waals surface area contributed by atoms with Crippen LogP contribution in [-0.2, 0) is 4.79 Å². The number of aliphatic imine (C=N–C) groups is 1. The molecule has 2 N–H and O–H groups in total. The van der Waals surface area contributed by atoms with Crippen molar-refractivity contribution in [3.63, 3.8) is 0 Å². The van der Waals surface area contributed by atoms with Gasteiger partial charge in [0.25, 0.3) is 0 Å². The van der Waals surface area contributed by atoms with E-state index in [1.807, 2.05) is 18.9 Å². The van der Waals surface area contributed by atoms with Gasteiger partial charge in [0.05, 0.1) is 0 Å². The molecule has 1 saturated heterocycles. The van der Waals surface area contributed by atoms with E-state index in [0.717, 1.165) is 31.9 Å². The van der Waals surface area contributed by atoms with Crippen LogP contribution < -0.4 is 10.6 Å². The van der Waals surface area contributed by atoms with E-state index in [0.29, 0.717) is 30.3 Å². The van der Waals surface area contributed by atoms with Crippen molar-refractivity contribution in [2.24, 2.45) is 4.99 Å². The zero-order valence-electron chi connectivity index (χ0n) is 16.9. The Morgan fingerprint density at radius 2 is 1.96 bits per heavy atom. The van der Waals surface area contributed by atoms with Gasteiger partial charge in [0.1, 0.15) is 0 Å². The Balaban J connectivity index is 0.00000261. The molecule has 3 unspecified atom stereocenters. The summed E-state index contributed by atoms with van der Waals surface area (Å²) in [5, 5.41) is 7.03. The predicted octanol–water partition coefficient (Wildman–Crippen LogP) is 3.46. The van der Waals surface area contributed by atoms with Crippen LogP contribution in [0.25, 0.3) is 0 Å². The highest BCUT2D eigenvalue weighted by Gasteiger charge is 2.39. The second kappa shape index (κ2) is 9.75. The smallest absolute Gasteiger partial charge is 0.222 e. The van der Waals surface area contributed by atoms with Crippen LogP contribution in [0, 0.1) is 0 Å². The van der Waals surface area contributed by atoms with Crippen molar-refractivity contribution in [1.82, 2.24) is 15.5 Å². The molecule has 0 bridgehead atoms. The molecule has 1 aliphatic heterocycles. The van der Waals surface area contributed by atoms with Gasteiger partial charge >= 0.3 is 0 Å². The van der Waals surface area contributed by atoms with Crippen molar-refractivity contribution in [3.8, 4) is 0 Å². The number of halogens is 1. The van der Waals surface area contributed by atoms with E-state index in [2.05, 4.69) is 53.7 Å². The fraction of sp³-hybridized carbons (Fsp3) is 0.619. The van der Waals surface area contributed by atoms with Crippen molar-refractivity contribution in [2.75, 3.05) is 20.1 Å². The minimum absolute atomic E-state index is 0. The Morgan fingerprint density at radius 3 is 2.56 bits per heavy atom. The van der Waals surface area contributed by atoms with Crippen LogP contribution >= 0.6 is 24.0 Å². The third-order valence-electron chi connectivity index (χ3n) is 5.55. The lowest BCUT2D eigenvalue weighted by Gasteiger charge is -2.19. The van der Waals surface area contributed by atoms with Crippen molar-refractivity contribution in [3.05, 3.63) is 35.4 Å². The summed E-state index contributed by atoms with van der Waals surface area (Å²) in [6.07, 6.45) is 2.71. The number of likely N-dealkylation sites (tertiary alicyclic amines) is 1. The maximum atomic E-state index is 11.8. The Hall–Kier alpha value is -1.31. The molecule has 1 saturated carbocycles. The lowest BCUT2D eigenvalue weighted by molar-refractivity contribution is -0.129. The van der Waals surface area contributed by atoms with E-state index in [1.54, 1.807) is 0 Å². The summed E-state index contributed by atoms with van der Waals surface area (Å²) >= 11 is 0. The molecule has 1 amide bonds. The average Bonchev–Trinajstić information content (AvgIpc) is 3.26. The van der Waals surface area contributed by atoms with Crippen molar-refractivity contribution in [2.45, 2.75) is 64.0 Å². The van der Waals surface area contributed by atoms with E-state index in [1.165, 1.54) is 11.1 Å². The molecule has 5 nitrogen and oxygen atoms in total. The second-order valence-electron chi connectivity index (χ2n) is 7.81. The highest BCUT2D eigenvalue weighted by Crippen LogP contribution is 2.41. The summed E-state index contributed by atoms with van der Waals surface area (Å²) in [4.78, 5) is 18.1. The Morgan fingerprint density at radius 1 is 1.26 bits per heavy atom. The fourth-order valence-electron chi connectivity index (χ4n) is 3.72. The molecule has 3 rings (SSSR count). The van der Waals surface area contributed by atoms with Gasteiger partial charge in [0.15, 0.2) is 5.96 Å². The van der Waals surface area contributed by atoms with Gasteiger partial charge in [-0.1, -0.05) is 45.0 Å². The highest BCUT2D eigenvalue weighted by atomic mass is 127. The molecule has 3 atom stereocenters. The SMILES string of the molecule is CCC(=O)N1CCC(NC(=NC)NC2CC2c2ccc(C(C)C)cc2)C1.I. The number of carbonyl (C=O) groups excluding carboxylic acids is 1. The average molecular weight is 484 g/mol. The lowest BCUT2D eigenvalue weighted by atomic mass is 10.0. The third-order valence-corrected chi connectivity index (χ3v) is 5.55. The topological polar surface area (TPSA) is 56.7 Å². The van der Waals surface area contributed by atoms with Gasteiger partial charge in [-0.2, -0.15) is 0 Å². The van der Waals surface area contributed by atoms with E-state index in [9.17, 15) is 4.79 Å². The normalized spacial score (nSPS) is 24.6. The molecule has 0 spiro atoms. The number of guanidine groups is 1. The number of carbonyl (C=O) groups is 1. The van der Waals surface area contributed by atoms with E-state index < -0.39 is 0 Å². The number of hydrogen-bond donors (Lipinski definition) is 2. The highest BCUT2D eigenvalue weighted by molar-refractivity contribution is 14.0. The standard InChI is InChI=1S/C21H32N4O.HI/c1-5-20(26)25-11-10-17(13-25)23-21(22-4)24-19-12-18(19)16-8-6-15(7-9-16)14(2)3;/h6-9,14,17-19H,5,10-13H2,1-4H3,(H2,22,23,24);1H. The van der Waals surface area contributed by atoms with Crippen LogP contribution in [0.1, 0.15) is 63.0 Å². The van der Waals surface area contributed by atoms with E-state index in [-0.39, 0.29) is 29.9 Å². The first-order valence-electron chi connectivity index (χ1n) is 9.89. The second-order valence-corrected chi connectivity index (χ2v) is 7.81. The molecule has 1 aromatic rings. The summed E-state index contributed by atoms with van der Waals surface area (Å²) in [7, 11) is 1.81. The number of rotatable bonds is 5. The quantitative estimate of drug-likeness (QED) is 0.383. The monoisotopic (exact) mass is 484 g/mol. The Kier molecular flexibility index (Phi) is 7.94. The molecule has 0 aromatic heterocycles. The minimum atomic E-state index is 0. The van der Waals surface area contributed by atoms with Crippen molar-refractivity contribution in [1.29, 1.82) is 0 Å². The molecule has 1 aliphatic carbocycles. The van der Waals surface area contributed by atoms with Gasteiger partial charge < -0.3 is 15.5 Å². The van der Waals surface area contributed by atoms with Gasteiger partial charge in [-0.15, -0.1) is 24.0 Å². The van der Waals surface area contributed by atoms with Crippen LogP contribution in [0.4, 0.5) is 0 Å². The zero-order valence-corrected chi connectivity index (χ0v) is 19.2. The maximum Gasteiger partial charge on any atom is 0.222 e. The molecule has 150 valence electrons. The molecule has 1 heterocycles. The molecule has 1 aromatic carbocycles. The van der Waals surface area contributed by atoms with Gasteiger partial charge in [0.2, 0.25) is 5.91 Å². The predicted molar refractivity (Wildman–Crippen MR) is 122 cm³/mol. The third kappa shape index (κ3) is 5.59. The summed E-state index contributed by atoms with van der Waals surface area (Å²) < 4.78 is 0. The first-order valence-corrected chi connectivity index (χ1v) is 9.89. The van der Waals surface area contributed by atoms with Gasteiger partial charge in [0, 0.05) is 44.6 Å². The van der Waals surface area contributed by atoms with E-state index >= 15 is 0 Å². The minimum Gasteiger partial charge on any atom is -0.353 e. The molecule has 2 fully saturated rings. The van der Waals surface area contributed by atoms with Gasteiger partial charge in [-0.3, -0.25) is 9.79 Å². The number of nitrogens with one attached hydrogen (secondary N) is 2. The summed E-state index contributed by atoms with van der Waals surface area (Å²) in [5.41, 5.74) is 2.80. The summed E-state index contributed by atoms with van der Waals surface area (Å²) in [6, 6.07) is 9.77. The van der Waals surface area contributed by atoms with Crippen molar-refractivity contribution < 1.29 is 4.79 Å². The molecular formula is C21H33IN4O. The summed E-state index contributed by atoms with van der Waals surface area (Å²) in [6.45, 7) is 7.99. The fourth-order valence-corrected chi connectivity index (χ4v) is 3.72. The number of nitrogens with zero attached hydrogens (tertiary/aromatic N) is 2. The molecule has 27 heavy (non-hydrogen) atoms. The van der Waals surface area contributed by atoms with Crippen LogP contribution in [0.2, 0.25) is 0 Å². The maximum absolute atomic E-state index is 11.8. The number of amides is 1. The molecular weight excluding hydrogens is 451 g/mol. The summed E-state index contributed by atoms with van der Waals surface area (Å²) in [5.74, 6) is 2.23. The zero-order chi connectivity index (χ0) is 18.7. The molecule has 0 radical (unpaired) electrons. The first-order chi connectivity index (χ1) is 12.5. The van der Waals surface area contributed by atoms with Gasteiger partial charge in [-0.05, 0) is 29.9 Å². The molecule has 2 aliphatic rings. The van der Waals surface area contributed by atoms with Gasteiger partial charge in [-0.25, -0.2) is 0 Å². The van der Waals surface area contributed by atoms with E-state index in [4.69, 9.17) is 0 Å². The first kappa shape index (κ1) is 22.0. The lowest BCUT2D eigenvalue weighted by Crippen LogP contribution is -2.46. The molecule has 6 heteroatoms. The van der Waals surface area contributed by atoms with Crippen LogP contribution in [0.5, 0.6) is 0 Å². The van der Waals surface area contributed by atoms with Crippen molar-refractivity contribution >= 4 is 35.8 Å². The van der Waals surface area contributed by atoms with Crippen LogP contribution in [-0.4, -0.2) is 49.0 Å². The number of hydrogen-bond acceptors (Lipinski definition) is 2. The largest absolute Gasteiger partial charge is 0.353 e. The van der Waals surface area contributed by atoms with Crippen LogP contribution in [0.15, 0.2) is 29.3 Å². The Bertz CT molecular complexity index is 659. The number of benzene rings is 1. The van der Waals surface area contributed by atoms with Crippen LogP contribution in [0.3, 0.4) is 0 Å².